The molecule has 4 heteroatoms. The molecule has 2 aliphatic heterocycles. The van der Waals surface area contributed by atoms with E-state index in [1.54, 1.807) is 7.11 Å². The average Bonchev–Trinajstić information content (AvgIpc) is 2.89. The monoisotopic (exact) mass is 310 g/mol. The molecule has 0 bridgehead atoms. The number of hydrogen-bond donors (Lipinski definition) is 0. The van der Waals surface area contributed by atoms with Crippen molar-refractivity contribution in [1.82, 2.24) is 9.63 Å². The van der Waals surface area contributed by atoms with Gasteiger partial charge in [0.15, 0.2) is 0 Å². The summed E-state index contributed by atoms with van der Waals surface area (Å²) in [5, 5.41) is 1.22. The van der Waals surface area contributed by atoms with Gasteiger partial charge in [-0.1, -0.05) is 37.3 Å². The molecule has 0 fully saturated rings. The van der Waals surface area contributed by atoms with Crippen LogP contribution in [0, 0.1) is 0 Å². The molecule has 2 aromatic rings. The average molecular weight is 310 g/mol. The van der Waals surface area contributed by atoms with Crippen LogP contribution in [0.25, 0.3) is 22.7 Å². The zero-order valence-electron chi connectivity index (χ0n) is 12.8. The normalized spacial score (nSPS) is 17.0. The van der Waals surface area contributed by atoms with Crippen LogP contribution in [-0.2, 0) is 0 Å². The van der Waals surface area contributed by atoms with Crippen LogP contribution in [0.2, 0.25) is 0 Å². The Labute approximate surface area is 135 Å². The van der Waals surface area contributed by atoms with Crippen LogP contribution < -0.4 is 4.84 Å². The van der Waals surface area contributed by atoms with Gasteiger partial charge in [-0.2, -0.15) is 4.73 Å². The Bertz CT molecular complexity index is 844. The van der Waals surface area contributed by atoms with E-state index in [1.807, 2.05) is 10.8 Å². The van der Waals surface area contributed by atoms with Crippen LogP contribution in [0.4, 0.5) is 0 Å². The summed E-state index contributed by atoms with van der Waals surface area (Å²) in [6.45, 7) is 2.21. The number of hydrogen-bond acceptors (Lipinski definition) is 2. The Kier molecular flexibility index (Phi) is 3.08. The van der Waals surface area contributed by atoms with Gasteiger partial charge in [-0.3, -0.25) is 0 Å². The standard InChI is InChI=1S/C18H18N2OS/c1-3-12-8-9-16(22)19-11-10-14-13-6-4-5-7-15(13)20(21-2)18(14)17(12)19/h4-7,10-11H,3,8-9H2,1-2H3. The summed E-state index contributed by atoms with van der Waals surface area (Å²) >= 11 is 5.58. The van der Waals surface area contributed by atoms with E-state index in [-0.39, 0.29) is 0 Å². The van der Waals surface area contributed by atoms with E-state index in [0.29, 0.717) is 0 Å². The van der Waals surface area contributed by atoms with Gasteiger partial charge in [0.2, 0.25) is 0 Å². The molecule has 2 aliphatic rings. The fraction of sp³-hybridized carbons (Fsp3) is 0.278. The van der Waals surface area contributed by atoms with Crippen LogP contribution in [-0.4, -0.2) is 21.7 Å². The summed E-state index contributed by atoms with van der Waals surface area (Å²) < 4.78 is 1.94. The number of nitrogens with zero attached hydrogens (tertiary/aromatic N) is 2. The summed E-state index contributed by atoms with van der Waals surface area (Å²) in [5.41, 5.74) is 6.11. The lowest BCUT2D eigenvalue weighted by molar-refractivity contribution is 0.175. The first-order chi connectivity index (χ1) is 10.8. The number of fused-ring (bicyclic) bond motifs is 5. The molecule has 0 saturated carbocycles. The van der Waals surface area contributed by atoms with Crippen LogP contribution >= 0.6 is 12.2 Å². The summed E-state index contributed by atoms with van der Waals surface area (Å²) in [6.07, 6.45) is 7.30. The Morgan fingerprint density at radius 2 is 2.05 bits per heavy atom. The SMILES string of the molecule is CCC1=C2c3c(c4ccccc4n3OC)C=CN2C(=S)CC1. The molecule has 3 nitrogen and oxygen atoms in total. The summed E-state index contributed by atoms with van der Waals surface area (Å²) in [6, 6.07) is 8.37. The predicted octanol–water partition coefficient (Wildman–Crippen LogP) is 4.23. The second kappa shape index (κ2) is 4.99. The maximum atomic E-state index is 5.72. The van der Waals surface area contributed by atoms with Crippen molar-refractivity contribution in [2.75, 3.05) is 7.11 Å². The molecule has 4 rings (SSSR count). The highest BCUT2D eigenvalue weighted by Crippen LogP contribution is 2.42. The van der Waals surface area contributed by atoms with Gasteiger partial charge in [-0.25, -0.2) is 0 Å². The number of rotatable bonds is 2. The first kappa shape index (κ1) is 13.6. The number of allylic oxidation sites excluding steroid dienone is 1. The summed E-state index contributed by atoms with van der Waals surface area (Å²) in [5.74, 6) is 0. The predicted molar refractivity (Wildman–Crippen MR) is 94.4 cm³/mol. The maximum Gasteiger partial charge on any atom is 0.112 e. The molecule has 0 N–H and O–H groups in total. The van der Waals surface area contributed by atoms with Gasteiger partial charge < -0.3 is 9.74 Å². The van der Waals surface area contributed by atoms with Gasteiger partial charge in [0.25, 0.3) is 0 Å². The van der Waals surface area contributed by atoms with E-state index in [2.05, 4.69) is 42.3 Å². The third-order valence-corrected chi connectivity index (χ3v) is 4.98. The van der Waals surface area contributed by atoms with Crippen molar-refractivity contribution in [3.05, 3.63) is 47.3 Å². The van der Waals surface area contributed by atoms with Crippen molar-refractivity contribution >= 4 is 39.9 Å². The highest BCUT2D eigenvalue weighted by atomic mass is 32.1. The van der Waals surface area contributed by atoms with Gasteiger partial charge in [-0.15, -0.1) is 0 Å². The van der Waals surface area contributed by atoms with Crippen LogP contribution in [0.1, 0.15) is 37.4 Å². The smallest absolute Gasteiger partial charge is 0.112 e. The Morgan fingerprint density at radius 1 is 1.23 bits per heavy atom. The molecule has 0 atom stereocenters. The third kappa shape index (κ3) is 1.70. The minimum atomic E-state index is 0.953. The zero-order chi connectivity index (χ0) is 15.3. The van der Waals surface area contributed by atoms with E-state index < -0.39 is 0 Å². The topological polar surface area (TPSA) is 17.4 Å². The van der Waals surface area contributed by atoms with E-state index in [1.165, 1.54) is 22.2 Å². The fourth-order valence-electron chi connectivity index (χ4n) is 3.54. The molecule has 0 radical (unpaired) electrons. The van der Waals surface area contributed by atoms with Gasteiger partial charge >= 0.3 is 0 Å². The molecule has 1 aromatic carbocycles. The summed E-state index contributed by atoms with van der Waals surface area (Å²) in [4.78, 5) is 8.87. The van der Waals surface area contributed by atoms with Crippen molar-refractivity contribution in [1.29, 1.82) is 0 Å². The lowest BCUT2D eigenvalue weighted by Gasteiger charge is -2.34. The van der Waals surface area contributed by atoms with E-state index in [4.69, 9.17) is 17.1 Å². The number of benzene rings is 1. The molecule has 0 saturated heterocycles. The second-order valence-corrected chi connectivity index (χ2v) is 6.11. The minimum Gasteiger partial charge on any atom is -0.416 e. The van der Waals surface area contributed by atoms with Crippen molar-refractivity contribution in [2.45, 2.75) is 26.2 Å². The Morgan fingerprint density at radius 3 is 2.82 bits per heavy atom. The molecule has 22 heavy (non-hydrogen) atoms. The van der Waals surface area contributed by atoms with Gasteiger partial charge in [-0.05, 0) is 30.6 Å². The quantitative estimate of drug-likeness (QED) is 0.773. The molecule has 0 unspecified atom stereocenters. The number of para-hydroxylation sites is 1. The minimum absolute atomic E-state index is 0.953. The Balaban J connectivity index is 2.11. The van der Waals surface area contributed by atoms with Gasteiger partial charge in [0, 0.05) is 23.6 Å². The molecule has 0 spiro atoms. The largest absolute Gasteiger partial charge is 0.416 e. The molecule has 1 aromatic heterocycles. The van der Waals surface area contributed by atoms with Crippen LogP contribution in [0.3, 0.4) is 0 Å². The van der Waals surface area contributed by atoms with Crippen LogP contribution in [0.5, 0.6) is 0 Å². The molecular formula is C18H18N2OS. The van der Waals surface area contributed by atoms with Gasteiger partial charge in [0.1, 0.15) is 12.8 Å². The van der Waals surface area contributed by atoms with E-state index >= 15 is 0 Å². The molecule has 3 heterocycles. The zero-order valence-corrected chi connectivity index (χ0v) is 13.6. The second-order valence-electron chi connectivity index (χ2n) is 5.64. The molecular weight excluding hydrogens is 292 g/mol. The van der Waals surface area contributed by atoms with E-state index in [9.17, 15) is 0 Å². The number of thiocarbonyl (C=S) groups is 1. The van der Waals surface area contributed by atoms with Crippen molar-refractivity contribution in [2.24, 2.45) is 0 Å². The first-order valence-electron chi connectivity index (χ1n) is 7.66. The highest BCUT2D eigenvalue weighted by molar-refractivity contribution is 7.80. The van der Waals surface area contributed by atoms with Gasteiger partial charge in [0.05, 0.1) is 16.2 Å². The number of aromatic nitrogens is 1. The maximum absolute atomic E-state index is 5.72. The highest BCUT2D eigenvalue weighted by Gasteiger charge is 2.31. The van der Waals surface area contributed by atoms with E-state index in [0.717, 1.165) is 35.5 Å². The lowest BCUT2D eigenvalue weighted by Crippen LogP contribution is -2.31. The van der Waals surface area contributed by atoms with Crippen molar-refractivity contribution < 1.29 is 4.84 Å². The molecule has 0 aliphatic carbocycles. The van der Waals surface area contributed by atoms with Crippen LogP contribution in [0.15, 0.2) is 36.0 Å². The fourth-order valence-corrected chi connectivity index (χ4v) is 3.80. The Hall–Kier alpha value is -2.07. The first-order valence-corrected chi connectivity index (χ1v) is 8.07. The lowest BCUT2D eigenvalue weighted by atomic mass is 9.94. The molecule has 112 valence electrons. The van der Waals surface area contributed by atoms with Crippen molar-refractivity contribution in [3.8, 4) is 0 Å². The summed E-state index contributed by atoms with van der Waals surface area (Å²) in [7, 11) is 1.72. The van der Waals surface area contributed by atoms with Crippen molar-refractivity contribution in [3.63, 3.8) is 0 Å². The molecule has 0 amide bonds. The third-order valence-electron chi connectivity index (χ3n) is 4.58.